The molecule has 110 valence electrons. The molecular weight excluding hydrogens is 244 g/mol. The number of nitrogens with one attached hydrogen (secondary N) is 1. The van der Waals surface area contributed by atoms with Crippen molar-refractivity contribution in [1.82, 2.24) is 10.2 Å². The van der Waals surface area contributed by atoms with E-state index in [-0.39, 0.29) is 17.9 Å². The van der Waals surface area contributed by atoms with Crippen LogP contribution in [0.25, 0.3) is 0 Å². The molecule has 0 spiro atoms. The van der Waals surface area contributed by atoms with Crippen LogP contribution >= 0.6 is 0 Å². The largest absolute Gasteiger partial charge is 0.480 e. The molecule has 19 heavy (non-hydrogen) atoms. The molecule has 1 aliphatic heterocycles. The van der Waals surface area contributed by atoms with Crippen LogP contribution in [0.5, 0.6) is 0 Å². The average molecular weight is 270 g/mol. The number of aliphatic carboxylic acids is 1. The van der Waals surface area contributed by atoms with Crippen molar-refractivity contribution in [3.8, 4) is 0 Å². The molecule has 1 heterocycles. The fraction of sp³-hybridized carbons (Fsp3) is 0.857. The fourth-order valence-corrected chi connectivity index (χ4v) is 2.72. The standard InChI is InChI=1S/C14H26N2O3/c1-9(2)13(14(18)19)15-12(17)8-11-6-5-7-16(11)10(3)4/h9-11,13H,5-8H2,1-4H3,(H,15,17)(H,18,19)/t11-,13?/m0/s1. The number of nitrogens with zero attached hydrogens (tertiary/aromatic N) is 1. The zero-order chi connectivity index (χ0) is 14.6. The summed E-state index contributed by atoms with van der Waals surface area (Å²) in [5, 5.41) is 11.7. The van der Waals surface area contributed by atoms with Crippen LogP contribution in [0.2, 0.25) is 0 Å². The van der Waals surface area contributed by atoms with Crippen LogP contribution in [0.15, 0.2) is 0 Å². The summed E-state index contributed by atoms with van der Waals surface area (Å²) in [6.07, 6.45) is 2.53. The van der Waals surface area contributed by atoms with Crippen molar-refractivity contribution in [3.63, 3.8) is 0 Å². The average Bonchev–Trinajstić information content (AvgIpc) is 2.73. The Hall–Kier alpha value is -1.10. The number of carbonyl (C=O) groups is 2. The van der Waals surface area contributed by atoms with Gasteiger partial charge in [0, 0.05) is 18.5 Å². The Kier molecular flexibility index (Phi) is 5.79. The second kappa shape index (κ2) is 6.89. The minimum atomic E-state index is -0.963. The maximum atomic E-state index is 12.0. The Labute approximate surface area is 115 Å². The first-order valence-corrected chi connectivity index (χ1v) is 7.10. The van der Waals surface area contributed by atoms with Gasteiger partial charge in [-0.2, -0.15) is 0 Å². The molecule has 0 aromatic rings. The van der Waals surface area contributed by atoms with E-state index in [1.807, 2.05) is 0 Å². The summed E-state index contributed by atoms with van der Waals surface area (Å²) in [6.45, 7) is 8.89. The molecule has 1 fully saturated rings. The van der Waals surface area contributed by atoms with Gasteiger partial charge in [0.15, 0.2) is 0 Å². The van der Waals surface area contributed by atoms with Crippen molar-refractivity contribution >= 4 is 11.9 Å². The third kappa shape index (κ3) is 4.49. The molecule has 0 saturated carbocycles. The van der Waals surface area contributed by atoms with Gasteiger partial charge in [-0.1, -0.05) is 13.8 Å². The van der Waals surface area contributed by atoms with Crippen molar-refractivity contribution < 1.29 is 14.7 Å². The summed E-state index contributed by atoms with van der Waals surface area (Å²) in [6, 6.07) is -0.108. The monoisotopic (exact) mass is 270 g/mol. The highest BCUT2D eigenvalue weighted by Crippen LogP contribution is 2.22. The van der Waals surface area contributed by atoms with Crippen molar-refractivity contribution in [2.75, 3.05) is 6.54 Å². The van der Waals surface area contributed by atoms with Gasteiger partial charge in [0.25, 0.3) is 0 Å². The third-order valence-electron chi connectivity index (χ3n) is 3.76. The predicted octanol–water partition coefficient (Wildman–Crippen LogP) is 1.47. The van der Waals surface area contributed by atoms with E-state index < -0.39 is 12.0 Å². The molecule has 1 amide bonds. The number of amides is 1. The second-order valence-electron chi connectivity index (χ2n) is 5.96. The topological polar surface area (TPSA) is 69.6 Å². The van der Waals surface area contributed by atoms with Gasteiger partial charge >= 0.3 is 5.97 Å². The molecule has 0 aliphatic carbocycles. The van der Waals surface area contributed by atoms with Crippen LogP contribution in [0, 0.1) is 5.92 Å². The quantitative estimate of drug-likeness (QED) is 0.767. The lowest BCUT2D eigenvalue weighted by Crippen LogP contribution is -2.46. The summed E-state index contributed by atoms with van der Waals surface area (Å²) < 4.78 is 0. The van der Waals surface area contributed by atoms with Crippen LogP contribution in [0.4, 0.5) is 0 Å². The van der Waals surface area contributed by atoms with Crippen LogP contribution in [0.1, 0.15) is 47.0 Å². The molecule has 0 aromatic carbocycles. The molecule has 5 nitrogen and oxygen atoms in total. The summed E-state index contributed by atoms with van der Waals surface area (Å²) in [4.78, 5) is 25.4. The van der Waals surface area contributed by atoms with Gasteiger partial charge in [-0.3, -0.25) is 9.69 Å². The van der Waals surface area contributed by atoms with E-state index in [1.54, 1.807) is 13.8 Å². The van der Waals surface area contributed by atoms with Gasteiger partial charge < -0.3 is 10.4 Å². The number of carboxylic acids is 1. The van der Waals surface area contributed by atoms with Gasteiger partial charge in [0.2, 0.25) is 5.91 Å². The van der Waals surface area contributed by atoms with E-state index in [0.717, 1.165) is 19.4 Å². The van der Waals surface area contributed by atoms with Gasteiger partial charge in [-0.15, -0.1) is 0 Å². The molecule has 5 heteroatoms. The first kappa shape index (κ1) is 16.0. The van der Waals surface area contributed by atoms with Gasteiger partial charge in [-0.05, 0) is 39.2 Å². The van der Waals surface area contributed by atoms with Gasteiger partial charge in [0.05, 0.1) is 0 Å². The second-order valence-corrected chi connectivity index (χ2v) is 5.96. The zero-order valence-corrected chi connectivity index (χ0v) is 12.3. The number of rotatable bonds is 6. The lowest BCUT2D eigenvalue weighted by atomic mass is 10.0. The third-order valence-corrected chi connectivity index (χ3v) is 3.76. The first-order valence-electron chi connectivity index (χ1n) is 7.10. The normalized spacial score (nSPS) is 21.9. The van der Waals surface area contributed by atoms with Crippen molar-refractivity contribution in [2.24, 2.45) is 5.92 Å². The van der Waals surface area contributed by atoms with Gasteiger partial charge in [-0.25, -0.2) is 4.79 Å². The maximum Gasteiger partial charge on any atom is 0.326 e. The first-order chi connectivity index (χ1) is 8.82. The van der Waals surface area contributed by atoms with Crippen LogP contribution < -0.4 is 5.32 Å². The Morgan fingerprint density at radius 1 is 1.32 bits per heavy atom. The highest BCUT2D eigenvalue weighted by molar-refractivity contribution is 5.84. The number of carboxylic acid groups (broad SMARTS) is 1. The number of hydrogen-bond donors (Lipinski definition) is 2. The minimum absolute atomic E-state index is 0.105. The predicted molar refractivity (Wildman–Crippen MR) is 73.9 cm³/mol. The van der Waals surface area contributed by atoms with Crippen molar-refractivity contribution in [1.29, 1.82) is 0 Å². The molecule has 1 aliphatic rings. The van der Waals surface area contributed by atoms with E-state index in [0.29, 0.717) is 12.5 Å². The maximum absolute atomic E-state index is 12.0. The summed E-state index contributed by atoms with van der Waals surface area (Å²) in [5.74, 6) is -1.22. The lowest BCUT2D eigenvalue weighted by Gasteiger charge is -2.28. The lowest BCUT2D eigenvalue weighted by molar-refractivity contribution is -0.143. The molecular formula is C14H26N2O3. The molecule has 0 bridgehead atoms. The highest BCUT2D eigenvalue weighted by atomic mass is 16.4. The number of hydrogen-bond acceptors (Lipinski definition) is 3. The van der Waals surface area contributed by atoms with Gasteiger partial charge in [0.1, 0.15) is 6.04 Å². The zero-order valence-electron chi connectivity index (χ0n) is 12.3. The number of carbonyl (C=O) groups excluding carboxylic acids is 1. The molecule has 2 N–H and O–H groups in total. The Bertz CT molecular complexity index is 329. The molecule has 2 atom stereocenters. The van der Waals surface area contributed by atoms with Crippen LogP contribution in [-0.2, 0) is 9.59 Å². The summed E-state index contributed by atoms with van der Waals surface area (Å²) in [5.41, 5.74) is 0. The van der Waals surface area contributed by atoms with Crippen molar-refractivity contribution in [3.05, 3.63) is 0 Å². The summed E-state index contributed by atoms with van der Waals surface area (Å²) >= 11 is 0. The van der Waals surface area contributed by atoms with E-state index >= 15 is 0 Å². The SMILES string of the molecule is CC(C)C(NC(=O)C[C@@H]1CCCN1C(C)C)C(=O)O. The molecule has 0 radical (unpaired) electrons. The van der Waals surface area contributed by atoms with Crippen LogP contribution in [0.3, 0.4) is 0 Å². The molecule has 1 rings (SSSR count). The fourth-order valence-electron chi connectivity index (χ4n) is 2.72. The van der Waals surface area contributed by atoms with Crippen LogP contribution in [-0.4, -0.2) is 46.6 Å². The van der Waals surface area contributed by atoms with E-state index in [2.05, 4.69) is 24.1 Å². The Morgan fingerprint density at radius 2 is 1.95 bits per heavy atom. The minimum Gasteiger partial charge on any atom is -0.480 e. The molecule has 1 saturated heterocycles. The molecule has 1 unspecified atom stereocenters. The smallest absolute Gasteiger partial charge is 0.326 e. The van der Waals surface area contributed by atoms with E-state index in [1.165, 1.54) is 0 Å². The molecule has 0 aromatic heterocycles. The van der Waals surface area contributed by atoms with E-state index in [4.69, 9.17) is 5.11 Å². The van der Waals surface area contributed by atoms with E-state index in [9.17, 15) is 9.59 Å². The Balaban J connectivity index is 2.52. The summed E-state index contributed by atoms with van der Waals surface area (Å²) in [7, 11) is 0. The highest BCUT2D eigenvalue weighted by Gasteiger charge is 2.30. The van der Waals surface area contributed by atoms with Crippen molar-refractivity contribution in [2.45, 2.75) is 65.1 Å². The number of likely N-dealkylation sites (tertiary alicyclic amines) is 1. The Morgan fingerprint density at radius 3 is 2.42 bits per heavy atom.